The fourth-order valence-electron chi connectivity index (χ4n) is 5.19. The lowest BCUT2D eigenvalue weighted by Crippen LogP contribution is -2.42. The Bertz CT molecular complexity index is 1610. The molecule has 4 heterocycles. The minimum Gasteiger partial charge on any atom is -0.340 e. The molecule has 39 heavy (non-hydrogen) atoms. The highest BCUT2D eigenvalue weighted by Gasteiger charge is 2.49. The minimum atomic E-state index is -4.49. The maximum Gasteiger partial charge on any atom is 0.399 e. The van der Waals surface area contributed by atoms with Gasteiger partial charge in [0.1, 0.15) is 11.2 Å². The number of nitrogens with one attached hydrogen (secondary N) is 2. The van der Waals surface area contributed by atoms with Crippen molar-refractivity contribution >= 4 is 22.4 Å². The minimum absolute atomic E-state index is 0.108. The molecule has 10 heteroatoms. The molecule has 5 rings (SSSR count). The number of fused-ring (bicyclic) bond motifs is 2. The molecule has 7 nitrogen and oxygen atoms in total. The molecule has 1 aromatic carbocycles. The normalized spacial score (nSPS) is 15.5. The Morgan fingerprint density at radius 2 is 1.82 bits per heavy atom. The van der Waals surface area contributed by atoms with Crippen LogP contribution in [0.25, 0.3) is 16.6 Å². The quantitative estimate of drug-likeness (QED) is 0.320. The number of rotatable bonds is 5. The van der Waals surface area contributed by atoms with Gasteiger partial charge in [-0.05, 0) is 89.9 Å². The van der Waals surface area contributed by atoms with Crippen molar-refractivity contribution in [3.05, 3.63) is 76.0 Å². The average Bonchev–Trinajstić information content (AvgIpc) is 3.15. The van der Waals surface area contributed by atoms with Gasteiger partial charge in [-0.25, -0.2) is 14.3 Å². The zero-order valence-corrected chi connectivity index (χ0v) is 22.9. The van der Waals surface area contributed by atoms with Gasteiger partial charge in [-0.15, -0.1) is 0 Å². The average molecular weight is 539 g/mol. The lowest BCUT2D eigenvalue weighted by Gasteiger charge is -2.34. The standard InChI is InChI=1S/C29H33F3N6O/c1-17(2)37-26(39)21-16-34-25(36-19-7-8-22-18(13-19)9-12-35-28(22,5)6)15-23(21)38(37)20-10-11-33-24(14-20)27(3,4)29(30,31)32/h7-8,10-11,13-17,35H,9,12H2,1-6H3,(H,34,36). The van der Waals surface area contributed by atoms with Gasteiger partial charge in [-0.3, -0.25) is 9.78 Å². The first-order valence-corrected chi connectivity index (χ1v) is 13.0. The summed E-state index contributed by atoms with van der Waals surface area (Å²) in [5, 5.41) is 7.25. The number of hydrogen-bond acceptors (Lipinski definition) is 5. The van der Waals surface area contributed by atoms with Crippen molar-refractivity contribution in [1.29, 1.82) is 0 Å². The van der Waals surface area contributed by atoms with E-state index < -0.39 is 11.6 Å². The fourth-order valence-corrected chi connectivity index (χ4v) is 5.19. The van der Waals surface area contributed by atoms with Crippen LogP contribution in [0.2, 0.25) is 0 Å². The van der Waals surface area contributed by atoms with Crippen LogP contribution in [0.3, 0.4) is 0 Å². The number of aromatic nitrogens is 4. The molecular formula is C29H33F3N6O. The van der Waals surface area contributed by atoms with Gasteiger partial charge in [0.25, 0.3) is 5.56 Å². The van der Waals surface area contributed by atoms with E-state index in [1.807, 2.05) is 19.9 Å². The van der Waals surface area contributed by atoms with Crippen molar-refractivity contribution in [1.82, 2.24) is 24.6 Å². The summed E-state index contributed by atoms with van der Waals surface area (Å²) in [6.45, 7) is 11.1. The molecule has 0 fully saturated rings. The molecule has 0 aliphatic carbocycles. The van der Waals surface area contributed by atoms with E-state index in [0.29, 0.717) is 22.4 Å². The van der Waals surface area contributed by atoms with Crippen LogP contribution in [-0.4, -0.2) is 32.1 Å². The summed E-state index contributed by atoms with van der Waals surface area (Å²) in [6.07, 6.45) is -0.710. The molecule has 2 N–H and O–H groups in total. The molecule has 0 radical (unpaired) electrons. The predicted molar refractivity (Wildman–Crippen MR) is 147 cm³/mol. The molecule has 206 valence electrons. The van der Waals surface area contributed by atoms with Gasteiger partial charge in [0.05, 0.1) is 22.3 Å². The largest absolute Gasteiger partial charge is 0.399 e. The summed E-state index contributed by atoms with van der Waals surface area (Å²) >= 11 is 0. The first-order chi connectivity index (χ1) is 18.2. The Labute approximate surface area is 225 Å². The van der Waals surface area contributed by atoms with Crippen LogP contribution in [0.15, 0.2) is 53.6 Å². The molecule has 3 aromatic heterocycles. The lowest BCUT2D eigenvalue weighted by molar-refractivity contribution is -0.181. The second-order valence-electron chi connectivity index (χ2n) is 11.5. The van der Waals surface area contributed by atoms with Crippen molar-refractivity contribution in [2.75, 3.05) is 11.9 Å². The summed E-state index contributed by atoms with van der Waals surface area (Å²) in [5.41, 5.74) is 1.66. The number of hydrogen-bond donors (Lipinski definition) is 2. The first-order valence-electron chi connectivity index (χ1n) is 13.0. The van der Waals surface area contributed by atoms with E-state index in [2.05, 4.69) is 46.6 Å². The summed E-state index contributed by atoms with van der Waals surface area (Å²) in [6, 6.07) is 10.7. The van der Waals surface area contributed by atoms with Crippen molar-refractivity contribution in [2.45, 2.75) is 71.1 Å². The molecule has 0 unspecified atom stereocenters. The van der Waals surface area contributed by atoms with Crippen LogP contribution in [0.5, 0.6) is 0 Å². The molecular weight excluding hydrogens is 505 g/mol. The fraction of sp³-hybridized carbons (Fsp3) is 0.414. The maximum atomic E-state index is 13.8. The van der Waals surface area contributed by atoms with E-state index in [4.69, 9.17) is 0 Å². The summed E-state index contributed by atoms with van der Waals surface area (Å²) in [7, 11) is 0. The van der Waals surface area contributed by atoms with E-state index >= 15 is 0 Å². The van der Waals surface area contributed by atoms with E-state index in [0.717, 1.165) is 32.5 Å². The first kappa shape index (κ1) is 26.9. The number of nitrogens with zero attached hydrogens (tertiary/aromatic N) is 4. The topological polar surface area (TPSA) is 76.8 Å². The van der Waals surface area contributed by atoms with Gasteiger partial charge in [0.15, 0.2) is 0 Å². The van der Waals surface area contributed by atoms with Gasteiger partial charge in [-0.2, -0.15) is 13.2 Å². The number of pyridine rings is 2. The highest BCUT2D eigenvalue weighted by molar-refractivity contribution is 5.83. The summed E-state index contributed by atoms with van der Waals surface area (Å²) in [5.74, 6) is 0.523. The van der Waals surface area contributed by atoms with Gasteiger partial charge < -0.3 is 10.6 Å². The van der Waals surface area contributed by atoms with E-state index in [1.165, 1.54) is 34.3 Å². The second-order valence-corrected chi connectivity index (χ2v) is 11.5. The SMILES string of the molecule is CC(C)n1c(=O)c2cnc(Nc3ccc4c(c3)CCNC4(C)C)cc2n1-c1ccnc(C(C)(C)C(F)(F)F)c1. The van der Waals surface area contributed by atoms with Gasteiger partial charge in [0.2, 0.25) is 0 Å². The van der Waals surface area contributed by atoms with Crippen molar-refractivity contribution in [3.63, 3.8) is 0 Å². The Kier molecular flexibility index (Phi) is 6.37. The Morgan fingerprint density at radius 3 is 2.51 bits per heavy atom. The number of benzene rings is 1. The molecule has 4 aromatic rings. The van der Waals surface area contributed by atoms with E-state index in [9.17, 15) is 18.0 Å². The number of alkyl halides is 3. The molecule has 1 aliphatic heterocycles. The van der Waals surface area contributed by atoms with Gasteiger partial charge >= 0.3 is 6.18 Å². The van der Waals surface area contributed by atoms with Crippen molar-refractivity contribution < 1.29 is 13.2 Å². The van der Waals surface area contributed by atoms with E-state index in [1.54, 1.807) is 16.8 Å². The van der Waals surface area contributed by atoms with Crippen LogP contribution in [0, 0.1) is 0 Å². The molecule has 0 atom stereocenters. The Morgan fingerprint density at radius 1 is 1.08 bits per heavy atom. The summed E-state index contributed by atoms with van der Waals surface area (Å²) < 4.78 is 44.6. The Balaban J connectivity index is 1.62. The van der Waals surface area contributed by atoms with Gasteiger partial charge in [0, 0.05) is 35.7 Å². The van der Waals surface area contributed by atoms with Crippen LogP contribution in [0.4, 0.5) is 24.7 Å². The van der Waals surface area contributed by atoms with Crippen molar-refractivity contribution in [3.8, 4) is 5.69 Å². The third-order valence-corrected chi connectivity index (χ3v) is 7.60. The molecule has 0 spiro atoms. The number of anilines is 2. The lowest BCUT2D eigenvalue weighted by atomic mass is 9.85. The third kappa shape index (κ3) is 4.60. The zero-order chi connectivity index (χ0) is 28.3. The zero-order valence-electron chi connectivity index (χ0n) is 22.9. The van der Waals surface area contributed by atoms with Crippen LogP contribution in [0.1, 0.15) is 64.4 Å². The second kappa shape index (κ2) is 9.22. The van der Waals surface area contributed by atoms with Crippen LogP contribution in [-0.2, 0) is 17.4 Å². The predicted octanol–water partition coefficient (Wildman–Crippen LogP) is 6.13. The van der Waals surface area contributed by atoms with Crippen LogP contribution >= 0.6 is 0 Å². The molecule has 0 bridgehead atoms. The number of halogens is 3. The maximum absolute atomic E-state index is 13.8. The highest BCUT2D eigenvalue weighted by Crippen LogP contribution is 2.40. The summed E-state index contributed by atoms with van der Waals surface area (Å²) in [4.78, 5) is 21.9. The van der Waals surface area contributed by atoms with Crippen molar-refractivity contribution in [2.24, 2.45) is 0 Å². The molecule has 0 saturated carbocycles. The smallest absolute Gasteiger partial charge is 0.340 e. The van der Waals surface area contributed by atoms with E-state index in [-0.39, 0.29) is 22.8 Å². The molecule has 0 amide bonds. The third-order valence-electron chi connectivity index (χ3n) is 7.60. The van der Waals surface area contributed by atoms with Gasteiger partial charge in [-0.1, -0.05) is 6.07 Å². The highest BCUT2D eigenvalue weighted by atomic mass is 19.4. The Hall–Kier alpha value is -3.66. The molecule has 1 aliphatic rings. The monoisotopic (exact) mass is 538 g/mol. The molecule has 0 saturated heterocycles. The van der Waals surface area contributed by atoms with Crippen LogP contribution < -0.4 is 16.2 Å².